The molecule has 4 nitrogen and oxygen atoms in total. The molecule has 4 aliphatic rings. The SMILES string of the molecule is O=C(NCC12CC3CC(CC(C3)C1)C2)c1ccnn1C(F)F. The van der Waals surface area contributed by atoms with E-state index in [-0.39, 0.29) is 11.1 Å². The fourth-order valence-electron chi connectivity index (χ4n) is 5.51. The highest BCUT2D eigenvalue weighted by molar-refractivity contribution is 5.92. The topological polar surface area (TPSA) is 46.9 Å². The summed E-state index contributed by atoms with van der Waals surface area (Å²) in [4.78, 5) is 12.2. The Morgan fingerprint density at radius 3 is 2.41 bits per heavy atom. The third-order valence-corrected chi connectivity index (χ3v) is 5.88. The molecule has 0 aromatic carbocycles. The summed E-state index contributed by atoms with van der Waals surface area (Å²) in [6.07, 6.45) is 8.86. The maximum absolute atomic E-state index is 12.8. The van der Waals surface area contributed by atoms with Gasteiger partial charge in [-0.05, 0) is 67.8 Å². The van der Waals surface area contributed by atoms with Crippen molar-refractivity contribution < 1.29 is 13.6 Å². The molecule has 0 atom stereocenters. The van der Waals surface area contributed by atoms with Gasteiger partial charge in [0.15, 0.2) is 0 Å². The van der Waals surface area contributed by atoms with Crippen LogP contribution in [-0.4, -0.2) is 22.2 Å². The molecular weight excluding hydrogens is 288 g/mol. The van der Waals surface area contributed by atoms with Crippen LogP contribution in [-0.2, 0) is 0 Å². The molecule has 1 N–H and O–H groups in total. The van der Waals surface area contributed by atoms with Crippen LogP contribution in [0.4, 0.5) is 8.78 Å². The lowest BCUT2D eigenvalue weighted by atomic mass is 9.49. The molecule has 4 saturated carbocycles. The molecule has 0 unspecified atom stereocenters. The van der Waals surface area contributed by atoms with Crippen LogP contribution in [0.25, 0.3) is 0 Å². The van der Waals surface area contributed by atoms with Gasteiger partial charge in [0.1, 0.15) is 5.69 Å². The smallest absolute Gasteiger partial charge is 0.333 e. The zero-order valence-electron chi connectivity index (χ0n) is 12.5. The van der Waals surface area contributed by atoms with Gasteiger partial charge in [-0.1, -0.05) is 0 Å². The lowest BCUT2D eigenvalue weighted by molar-refractivity contribution is -0.0504. The van der Waals surface area contributed by atoms with Gasteiger partial charge >= 0.3 is 6.55 Å². The first-order chi connectivity index (χ1) is 10.5. The maximum atomic E-state index is 12.8. The molecule has 5 rings (SSSR count). The average Bonchev–Trinajstić information content (AvgIpc) is 2.93. The second kappa shape index (κ2) is 5.03. The molecule has 4 aliphatic carbocycles. The zero-order valence-corrected chi connectivity index (χ0v) is 12.5. The molecule has 0 aliphatic heterocycles. The van der Waals surface area contributed by atoms with E-state index in [1.54, 1.807) is 0 Å². The van der Waals surface area contributed by atoms with Crippen LogP contribution in [0.3, 0.4) is 0 Å². The van der Waals surface area contributed by atoms with Crippen molar-refractivity contribution in [1.82, 2.24) is 15.1 Å². The second-order valence-electron chi connectivity index (χ2n) is 7.54. The monoisotopic (exact) mass is 309 g/mol. The Hall–Kier alpha value is -1.46. The Bertz CT molecular complexity index is 548. The summed E-state index contributed by atoms with van der Waals surface area (Å²) >= 11 is 0. The molecule has 4 bridgehead atoms. The summed E-state index contributed by atoms with van der Waals surface area (Å²) in [7, 11) is 0. The van der Waals surface area contributed by atoms with E-state index >= 15 is 0 Å². The van der Waals surface area contributed by atoms with Crippen LogP contribution < -0.4 is 5.32 Å². The number of hydrogen-bond donors (Lipinski definition) is 1. The van der Waals surface area contributed by atoms with Crippen molar-refractivity contribution in [2.45, 2.75) is 45.1 Å². The molecule has 120 valence electrons. The normalized spacial score (nSPS) is 36.0. The van der Waals surface area contributed by atoms with E-state index in [0.29, 0.717) is 11.2 Å². The van der Waals surface area contributed by atoms with E-state index in [4.69, 9.17) is 0 Å². The van der Waals surface area contributed by atoms with Crippen LogP contribution in [0.2, 0.25) is 0 Å². The summed E-state index contributed by atoms with van der Waals surface area (Å²) in [5, 5.41) is 6.42. The molecule has 0 saturated heterocycles. The van der Waals surface area contributed by atoms with Crippen molar-refractivity contribution in [3.8, 4) is 0 Å². The van der Waals surface area contributed by atoms with E-state index in [2.05, 4.69) is 10.4 Å². The summed E-state index contributed by atoms with van der Waals surface area (Å²) in [5.41, 5.74) is 0.153. The van der Waals surface area contributed by atoms with Gasteiger partial charge < -0.3 is 5.32 Å². The summed E-state index contributed by atoms with van der Waals surface area (Å²) in [5.74, 6) is 2.01. The summed E-state index contributed by atoms with van der Waals surface area (Å²) < 4.78 is 26.1. The van der Waals surface area contributed by atoms with Gasteiger partial charge in [-0.2, -0.15) is 18.6 Å². The van der Waals surface area contributed by atoms with E-state index in [1.807, 2.05) is 0 Å². The Morgan fingerprint density at radius 2 is 1.86 bits per heavy atom. The van der Waals surface area contributed by atoms with Gasteiger partial charge in [-0.3, -0.25) is 4.79 Å². The number of rotatable bonds is 4. The Labute approximate surface area is 128 Å². The van der Waals surface area contributed by atoms with Crippen LogP contribution in [0.15, 0.2) is 12.3 Å². The van der Waals surface area contributed by atoms with Crippen LogP contribution in [0.1, 0.15) is 55.6 Å². The van der Waals surface area contributed by atoms with Crippen LogP contribution in [0, 0.1) is 23.2 Å². The number of amides is 1. The first-order valence-electron chi connectivity index (χ1n) is 8.14. The van der Waals surface area contributed by atoms with Crippen molar-refractivity contribution in [3.63, 3.8) is 0 Å². The highest BCUT2D eigenvalue weighted by Crippen LogP contribution is 2.59. The number of nitrogens with zero attached hydrogens (tertiary/aromatic N) is 2. The summed E-state index contributed by atoms with van der Waals surface area (Å²) in [6.45, 7) is -2.17. The number of aromatic nitrogens is 2. The van der Waals surface area contributed by atoms with Gasteiger partial charge in [-0.15, -0.1) is 0 Å². The van der Waals surface area contributed by atoms with E-state index < -0.39 is 12.5 Å². The predicted octanol–water partition coefficient (Wildman–Crippen LogP) is 3.22. The van der Waals surface area contributed by atoms with Gasteiger partial charge in [0.2, 0.25) is 0 Å². The third-order valence-electron chi connectivity index (χ3n) is 5.88. The predicted molar refractivity (Wildman–Crippen MR) is 76.4 cm³/mol. The van der Waals surface area contributed by atoms with Crippen LogP contribution in [0.5, 0.6) is 0 Å². The minimum Gasteiger partial charge on any atom is -0.350 e. The fraction of sp³-hybridized carbons (Fsp3) is 0.750. The first-order valence-corrected chi connectivity index (χ1v) is 8.14. The molecule has 6 heteroatoms. The Kier molecular flexibility index (Phi) is 3.24. The number of carbonyl (C=O) groups is 1. The molecule has 1 aromatic rings. The van der Waals surface area contributed by atoms with E-state index in [1.165, 1.54) is 50.8 Å². The minimum atomic E-state index is -2.78. The number of alkyl halides is 2. The number of nitrogens with one attached hydrogen (secondary N) is 1. The molecule has 1 amide bonds. The quantitative estimate of drug-likeness (QED) is 0.928. The molecule has 1 aromatic heterocycles. The Balaban J connectivity index is 1.44. The van der Waals surface area contributed by atoms with Crippen molar-refractivity contribution in [2.75, 3.05) is 6.54 Å². The van der Waals surface area contributed by atoms with Crippen LogP contribution >= 0.6 is 0 Å². The zero-order chi connectivity index (χ0) is 15.3. The largest absolute Gasteiger partial charge is 0.350 e. The van der Waals surface area contributed by atoms with Gasteiger partial charge in [-0.25, -0.2) is 0 Å². The summed E-state index contributed by atoms with van der Waals surface area (Å²) in [6, 6.07) is 1.35. The van der Waals surface area contributed by atoms with E-state index in [0.717, 1.165) is 17.8 Å². The average molecular weight is 309 g/mol. The molecule has 4 fully saturated rings. The molecule has 22 heavy (non-hydrogen) atoms. The minimum absolute atomic E-state index is 0.0558. The van der Waals surface area contributed by atoms with E-state index in [9.17, 15) is 13.6 Å². The standard InChI is InChI=1S/C16H21F2N3O/c17-15(18)21-13(1-2-20-21)14(22)19-9-16-6-10-3-11(7-16)5-12(4-10)8-16/h1-2,10-12,15H,3-9H2,(H,19,22). The maximum Gasteiger partial charge on any atom is 0.333 e. The fourth-order valence-corrected chi connectivity index (χ4v) is 5.51. The third kappa shape index (κ3) is 2.32. The second-order valence-corrected chi connectivity index (χ2v) is 7.54. The lowest BCUT2D eigenvalue weighted by Crippen LogP contribution is -2.51. The lowest BCUT2D eigenvalue weighted by Gasteiger charge is -2.56. The van der Waals surface area contributed by atoms with Crippen molar-refractivity contribution >= 4 is 5.91 Å². The number of hydrogen-bond acceptors (Lipinski definition) is 2. The highest BCUT2D eigenvalue weighted by atomic mass is 19.3. The number of halogens is 2. The molecule has 0 radical (unpaired) electrons. The van der Waals surface area contributed by atoms with Crippen molar-refractivity contribution in [1.29, 1.82) is 0 Å². The number of carbonyl (C=O) groups excluding carboxylic acids is 1. The highest BCUT2D eigenvalue weighted by Gasteiger charge is 2.50. The van der Waals surface area contributed by atoms with Crippen molar-refractivity contribution in [2.24, 2.45) is 23.2 Å². The van der Waals surface area contributed by atoms with Crippen molar-refractivity contribution in [3.05, 3.63) is 18.0 Å². The Morgan fingerprint density at radius 1 is 1.27 bits per heavy atom. The van der Waals surface area contributed by atoms with Gasteiger partial charge in [0, 0.05) is 12.7 Å². The van der Waals surface area contributed by atoms with Gasteiger partial charge in [0.05, 0.1) is 0 Å². The molecule has 0 spiro atoms. The molecular formula is C16H21F2N3O. The molecule has 1 heterocycles. The van der Waals surface area contributed by atoms with Gasteiger partial charge in [0.25, 0.3) is 5.91 Å². The first kappa shape index (κ1) is 14.2.